The van der Waals surface area contributed by atoms with Crippen LogP contribution in [0.5, 0.6) is 5.75 Å². The Kier molecular flexibility index (Phi) is 6.11. The molecule has 0 aliphatic carbocycles. The maximum Gasteiger partial charge on any atom is 0.313 e. The minimum absolute atomic E-state index is 0.102. The van der Waals surface area contributed by atoms with Crippen molar-refractivity contribution < 1.29 is 23.5 Å². The molecule has 0 spiro atoms. The fourth-order valence-electron chi connectivity index (χ4n) is 2.82. The molecule has 0 fully saturated rings. The number of fused-ring (bicyclic) bond motifs is 1. The summed E-state index contributed by atoms with van der Waals surface area (Å²) in [4.78, 5) is 24.9. The zero-order valence-corrected chi connectivity index (χ0v) is 16.2. The Bertz CT molecular complexity index is 974. The molecule has 0 aliphatic heterocycles. The minimum atomic E-state index is -0.462. The lowest BCUT2D eigenvalue weighted by atomic mass is 9.99. The number of methoxy groups -OCH3 is 1. The van der Waals surface area contributed by atoms with E-state index in [1.165, 1.54) is 7.11 Å². The maximum atomic E-state index is 13.2. The first-order valence-corrected chi connectivity index (χ1v) is 9.05. The largest absolute Gasteiger partial charge is 0.492 e. The highest BCUT2D eigenvalue weighted by atomic mass is 16.5. The molecule has 1 unspecified atom stereocenters. The van der Waals surface area contributed by atoms with E-state index in [-0.39, 0.29) is 18.2 Å². The molecule has 1 heterocycles. The number of carbonyl (C=O) groups is 2. The first-order chi connectivity index (χ1) is 13.5. The summed E-state index contributed by atoms with van der Waals surface area (Å²) in [6.07, 6.45) is -0.102. The first-order valence-electron chi connectivity index (χ1n) is 9.05. The molecule has 0 radical (unpaired) electrons. The second-order valence-electron chi connectivity index (χ2n) is 6.50. The Labute approximate surface area is 163 Å². The van der Waals surface area contributed by atoms with Gasteiger partial charge in [0.05, 0.1) is 12.7 Å². The number of nitrogens with one attached hydrogen (secondary N) is 1. The molecule has 2 aromatic carbocycles. The van der Waals surface area contributed by atoms with Gasteiger partial charge >= 0.3 is 5.97 Å². The van der Waals surface area contributed by atoms with Crippen molar-refractivity contribution in [2.24, 2.45) is 0 Å². The van der Waals surface area contributed by atoms with Crippen molar-refractivity contribution in [1.82, 2.24) is 5.32 Å². The molecule has 6 nitrogen and oxygen atoms in total. The lowest BCUT2D eigenvalue weighted by molar-refractivity contribution is -0.140. The topological polar surface area (TPSA) is 77.8 Å². The molecule has 0 aliphatic rings. The van der Waals surface area contributed by atoms with Crippen LogP contribution < -0.4 is 10.1 Å². The summed E-state index contributed by atoms with van der Waals surface area (Å²) in [6, 6.07) is 14.4. The molecule has 1 N–H and O–H groups in total. The lowest BCUT2D eigenvalue weighted by Gasteiger charge is -2.12. The van der Waals surface area contributed by atoms with Gasteiger partial charge < -0.3 is 19.2 Å². The van der Waals surface area contributed by atoms with Crippen molar-refractivity contribution in [2.75, 3.05) is 20.8 Å². The van der Waals surface area contributed by atoms with E-state index in [0.717, 1.165) is 0 Å². The molecule has 1 aromatic heterocycles. The second-order valence-corrected chi connectivity index (χ2v) is 6.50. The summed E-state index contributed by atoms with van der Waals surface area (Å²) in [6.45, 7) is 2.55. The summed E-state index contributed by atoms with van der Waals surface area (Å²) < 4.78 is 16.2. The van der Waals surface area contributed by atoms with Gasteiger partial charge in [-0.15, -0.1) is 0 Å². The first kappa shape index (κ1) is 19.6. The number of esters is 1. The van der Waals surface area contributed by atoms with Gasteiger partial charge in [-0.1, -0.05) is 18.2 Å². The van der Waals surface area contributed by atoms with E-state index in [9.17, 15) is 9.59 Å². The Balaban J connectivity index is 1.90. The molecule has 6 heteroatoms. The maximum absolute atomic E-state index is 13.2. The van der Waals surface area contributed by atoms with Crippen LogP contribution in [0.25, 0.3) is 11.0 Å². The molecule has 146 valence electrons. The predicted octanol–water partition coefficient (Wildman–Crippen LogP) is 3.37. The van der Waals surface area contributed by atoms with E-state index in [4.69, 9.17) is 13.9 Å². The fourth-order valence-corrected chi connectivity index (χ4v) is 2.82. The van der Waals surface area contributed by atoms with Crippen molar-refractivity contribution in [1.29, 1.82) is 0 Å². The van der Waals surface area contributed by atoms with Crippen molar-refractivity contribution >= 4 is 22.7 Å². The molecular formula is C22H23NO5. The van der Waals surface area contributed by atoms with E-state index in [0.29, 0.717) is 40.2 Å². The zero-order chi connectivity index (χ0) is 20.1. The van der Waals surface area contributed by atoms with Gasteiger partial charge in [0.2, 0.25) is 0 Å². The van der Waals surface area contributed by atoms with Gasteiger partial charge in [-0.05, 0) is 44.3 Å². The Morgan fingerprint density at radius 3 is 2.50 bits per heavy atom. The third kappa shape index (κ3) is 4.23. The van der Waals surface area contributed by atoms with Gasteiger partial charge in [0.25, 0.3) is 0 Å². The SMILES string of the molecule is CNC(C)COc1ccc(C(=O)c2c(CC(=O)OC)oc3ccccc23)cc1. The Morgan fingerprint density at radius 1 is 1.11 bits per heavy atom. The van der Waals surface area contributed by atoms with E-state index in [2.05, 4.69) is 5.32 Å². The van der Waals surface area contributed by atoms with Crippen molar-refractivity contribution in [3.05, 3.63) is 65.4 Å². The number of para-hydroxylation sites is 1. The Hall–Kier alpha value is -3.12. The standard InChI is InChI=1S/C22H23NO5/c1-14(23-2)13-27-16-10-8-15(9-11-16)22(25)21-17-6-4-5-7-18(17)28-19(21)12-20(24)26-3/h4-11,14,23H,12-13H2,1-3H3. The summed E-state index contributed by atoms with van der Waals surface area (Å²) in [7, 11) is 3.18. The lowest BCUT2D eigenvalue weighted by Crippen LogP contribution is -2.28. The van der Waals surface area contributed by atoms with E-state index in [1.807, 2.05) is 32.2 Å². The molecule has 1 atom stereocenters. The van der Waals surface area contributed by atoms with Crippen LogP contribution in [0.4, 0.5) is 0 Å². The van der Waals surface area contributed by atoms with Crippen LogP contribution in [0.15, 0.2) is 52.9 Å². The number of likely N-dealkylation sites (N-methyl/N-ethyl adjacent to an activating group) is 1. The van der Waals surface area contributed by atoms with Gasteiger partial charge in [0.15, 0.2) is 5.78 Å². The van der Waals surface area contributed by atoms with E-state index >= 15 is 0 Å². The number of carbonyl (C=O) groups excluding carboxylic acids is 2. The third-order valence-electron chi connectivity index (χ3n) is 4.54. The van der Waals surface area contributed by atoms with E-state index < -0.39 is 5.97 Å². The molecule has 0 amide bonds. The van der Waals surface area contributed by atoms with Crippen LogP contribution in [0.2, 0.25) is 0 Å². The predicted molar refractivity (Wildman–Crippen MR) is 106 cm³/mol. The Morgan fingerprint density at radius 2 is 1.82 bits per heavy atom. The summed E-state index contributed by atoms with van der Waals surface area (Å²) in [5, 5.41) is 3.78. The van der Waals surface area contributed by atoms with Gasteiger partial charge in [-0.25, -0.2) is 0 Å². The van der Waals surface area contributed by atoms with Crippen molar-refractivity contribution in [3.8, 4) is 5.75 Å². The smallest absolute Gasteiger partial charge is 0.313 e. The van der Waals surface area contributed by atoms with Crippen molar-refractivity contribution in [2.45, 2.75) is 19.4 Å². The molecule has 28 heavy (non-hydrogen) atoms. The van der Waals surface area contributed by atoms with Gasteiger partial charge in [-0.3, -0.25) is 9.59 Å². The van der Waals surface area contributed by atoms with Crippen LogP contribution in [-0.4, -0.2) is 38.6 Å². The monoisotopic (exact) mass is 381 g/mol. The number of hydrogen-bond acceptors (Lipinski definition) is 6. The van der Waals surface area contributed by atoms with Crippen LogP contribution >= 0.6 is 0 Å². The molecular weight excluding hydrogens is 358 g/mol. The van der Waals surface area contributed by atoms with Crippen molar-refractivity contribution in [3.63, 3.8) is 0 Å². The quantitative estimate of drug-likeness (QED) is 0.476. The summed E-state index contributed by atoms with van der Waals surface area (Å²) >= 11 is 0. The minimum Gasteiger partial charge on any atom is -0.492 e. The van der Waals surface area contributed by atoms with Crippen LogP contribution in [-0.2, 0) is 16.0 Å². The number of hydrogen-bond donors (Lipinski definition) is 1. The number of benzene rings is 2. The highest BCUT2D eigenvalue weighted by molar-refractivity contribution is 6.17. The second kappa shape index (κ2) is 8.71. The normalized spacial score (nSPS) is 12.0. The van der Waals surface area contributed by atoms with Crippen LogP contribution in [0.1, 0.15) is 28.6 Å². The van der Waals surface area contributed by atoms with Gasteiger partial charge in [-0.2, -0.15) is 0 Å². The number of furan rings is 1. The summed E-state index contributed by atoms with van der Waals surface area (Å²) in [5.41, 5.74) is 1.44. The molecule has 3 aromatic rings. The van der Waals surface area contributed by atoms with Gasteiger partial charge in [0, 0.05) is 17.0 Å². The molecule has 0 bridgehead atoms. The highest BCUT2D eigenvalue weighted by Crippen LogP contribution is 2.29. The van der Waals surface area contributed by atoms with E-state index in [1.54, 1.807) is 30.3 Å². The number of ketones is 1. The van der Waals surface area contributed by atoms with Gasteiger partial charge in [0.1, 0.15) is 30.1 Å². The molecule has 0 saturated carbocycles. The zero-order valence-electron chi connectivity index (χ0n) is 16.2. The average Bonchev–Trinajstić information content (AvgIpc) is 3.09. The van der Waals surface area contributed by atoms with Crippen LogP contribution in [0, 0.1) is 0 Å². The number of rotatable bonds is 8. The fraction of sp³-hybridized carbons (Fsp3) is 0.273. The highest BCUT2D eigenvalue weighted by Gasteiger charge is 2.23. The number of ether oxygens (including phenoxy) is 2. The van der Waals surface area contributed by atoms with Crippen LogP contribution in [0.3, 0.4) is 0 Å². The third-order valence-corrected chi connectivity index (χ3v) is 4.54. The average molecular weight is 381 g/mol. The molecule has 0 saturated heterocycles. The molecule has 3 rings (SSSR count). The summed E-state index contributed by atoms with van der Waals surface area (Å²) in [5.74, 6) is 0.321.